The fourth-order valence-electron chi connectivity index (χ4n) is 2.45. The largest absolute Gasteiger partial charge is 0.379 e. The molecule has 1 aromatic rings. The molecule has 1 fully saturated rings. The van der Waals surface area contributed by atoms with Crippen molar-refractivity contribution in [1.82, 2.24) is 4.90 Å². The van der Waals surface area contributed by atoms with E-state index >= 15 is 0 Å². The molecule has 0 radical (unpaired) electrons. The van der Waals surface area contributed by atoms with Crippen LogP contribution in [0.2, 0.25) is 0 Å². The zero-order valence-electron chi connectivity index (χ0n) is 10.6. The molecule has 0 aromatic heterocycles. The summed E-state index contributed by atoms with van der Waals surface area (Å²) in [6.45, 7) is 6.56. The maximum atomic E-state index is 6.00. The first-order valence-corrected chi connectivity index (χ1v) is 6.31. The number of morpholine rings is 1. The lowest BCUT2D eigenvalue weighted by atomic mass is 9.90. The Hall–Kier alpha value is -0.900. The van der Waals surface area contributed by atoms with E-state index < -0.39 is 0 Å². The van der Waals surface area contributed by atoms with Crippen LogP contribution in [0.15, 0.2) is 30.3 Å². The summed E-state index contributed by atoms with van der Waals surface area (Å²) < 4.78 is 5.41. The molecule has 0 saturated carbocycles. The normalized spacial score (nSPS) is 21.1. The Labute approximate surface area is 104 Å². The molecule has 94 valence electrons. The van der Waals surface area contributed by atoms with Gasteiger partial charge < -0.3 is 10.5 Å². The molecule has 3 heteroatoms. The van der Waals surface area contributed by atoms with E-state index in [0.29, 0.717) is 6.54 Å². The van der Waals surface area contributed by atoms with Crippen LogP contribution in [-0.2, 0) is 11.2 Å². The van der Waals surface area contributed by atoms with Crippen LogP contribution >= 0.6 is 0 Å². The van der Waals surface area contributed by atoms with Gasteiger partial charge in [0.15, 0.2) is 0 Å². The highest BCUT2D eigenvalue weighted by Gasteiger charge is 2.31. The van der Waals surface area contributed by atoms with E-state index in [4.69, 9.17) is 10.5 Å². The zero-order chi connectivity index (χ0) is 12.1. The second-order valence-corrected chi connectivity index (χ2v) is 4.96. The van der Waals surface area contributed by atoms with Gasteiger partial charge in [-0.15, -0.1) is 0 Å². The molecule has 17 heavy (non-hydrogen) atoms. The van der Waals surface area contributed by atoms with Gasteiger partial charge in [-0.25, -0.2) is 0 Å². The van der Waals surface area contributed by atoms with Crippen molar-refractivity contribution in [3.05, 3.63) is 35.9 Å². The topological polar surface area (TPSA) is 38.5 Å². The SMILES string of the molecule is CC(CN)(Cc1ccccc1)N1CCOCC1. The first kappa shape index (κ1) is 12.6. The Morgan fingerprint density at radius 3 is 2.47 bits per heavy atom. The number of benzene rings is 1. The molecule has 1 heterocycles. The summed E-state index contributed by atoms with van der Waals surface area (Å²) in [6, 6.07) is 10.6. The summed E-state index contributed by atoms with van der Waals surface area (Å²) >= 11 is 0. The molecule has 1 saturated heterocycles. The number of ether oxygens (including phenoxy) is 1. The van der Waals surface area contributed by atoms with E-state index in [0.717, 1.165) is 32.7 Å². The maximum Gasteiger partial charge on any atom is 0.0594 e. The summed E-state index contributed by atoms with van der Waals surface area (Å²) in [5, 5.41) is 0. The Morgan fingerprint density at radius 2 is 1.88 bits per heavy atom. The minimum absolute atomic E-state index is 0.0468. The van der Waals surface area contributed by atoms with Crippen LogP contribution in [0, 0.1) is 0 Å². The van der Waals surface area contributed by atoms with E-state index in [1.54, 1.807) is 0 Å². The molecular formula is C14H22N2O. The molecule has 1 unspecified atom stereocenters. The van der Waals surface area contributed by atoms with Gasteiger partial charge in [0.25, 0.3) is 0 Å². The molecule has 0 amide bonds. The second kappa shape index (κ2) is 5.63. The van der Waals surface area contributed by atoms with Gasteiger partial charge in [-0.1, -0.05) is 30.3 Å². The first-order valence-electron chi connectivity index (χ1n) is 6.31. The number of nitrogens with two attached hydrogens (primary N) is 1. The van der Waals surface area contributed by atoms with Crippen molar-refractivity contribution in [2.24, 2.45) is 5.73 Å². The highest BCUT2D eigenvalue weighted by Crippen LogP contribution is 2.21. The predicted molar refractivity (Wildman–Crippen MR) is 70.0 cm³/mol. The summed E-state index contributed by atoms with van der Waals surface area (Å²) in [5.74, 6) is 0. The summed E-state index contributed by atoms with van der Waals surface area (Å²) in [7, 11) is 0. The van der Waals surface area contributed by atoms with Crippen molar-refractivity contribution in [3.63, 3.8) is 0 Å². The lowest BCUT2D eigenvalue weighted by Crippen LogP contribution is -2.56. The smallest absolute Gasteiger partial charge is 0.0594 e. The molecule has 1 atom stereocenters. The fraction of sp³-hybridized carbons (Fsp3) is 0.571. The third kappa shape index (κ3) is 3.06. The Balaban J connectivity index is 2.07. The lowest BCUT2D eigenvalue weighted by Gasteiger charge is -2.42. The van der Waals surface area contributed by atoms with E-state index in [9.17, 15) is 0 Å². The third-order valence-corrected chi connectivity index (χ3v) is 3.64. The maximum absolute atomic E-state index is 6.00. The summed E-state index contributed by atoms with van der Waals surface area (Å²) in [5.41, 5.74) is 7.40. The van der Waals surface area contributed by atoms with Crippen molar-refractivity contribution < 1.29 is 4.74 Å². The average molecular weight is 234 g/mol. The van der Waals surface area contributed by atoms with Gasteiger partial charge in [0.1, 0.15) is 0 Å². The Bertz CT molecular complexity index is 335. The Kier molecular flexibility index (Phi) is 4.15. The third-order valence-electron chi connectivity index (χ3n) is 3.64. The van der Waals surface area contributed by atoms with Crippen molar-refractivity contribution >= 4 is 0 Å². The number of nitrogens with zero attached hydrogens (tertiary/aromatic N) is 1. The molecule has 1 aliphatic heterocycles. The van der Waals surface area contributed by atoms with E-state index in [1.807, 2.05) is 0 Å². The van der Waals surface area contributed by atoms with Gasteiger partial charge >= 0.3 is 0 Å². The van der Waals surface area contributed by atoms with Gasteiger partial charge in [0, 0.05) is 25.2 Å². The van der Waals surface area contributed by atoms with Crippen molar-refractivity contribution in [2.75, 3.05) is 32.8 Å². The monoisotopic (exact) mass is 234 g/mol. The molecular weight excluding hydrogens is 212 g/mol. The van der Waals surface area contributed by atoms with Crippen LogP contribution in [0.1, 0.15) is 12.5 Å². The van der Waals surface area contributed by atoms with Crippen LogP contribution in [0.25, 0.3) is 0 Å². The van der Waals surface area contributed by atoms with E-state index in [2.05, 4.69) is 42.2 Å². The minimum Gasteiger partial charge on any atom is -0.379 e. The van der Waals surface area contributed by atoms with Crippen LogP contribution in [0.5, 0.6) is 0 Å². The molecule has 0 aliphatic carbocycles. The van der Waals surface area contributed by atoms with Gasteiger partial charge in [0.05, 0.1) is 13.2 Å². The molecule has 1 aromatic carbocycles. The standard InChI is InChI=1S/C14H22N2O/c1-14(12-15,16-7-9-17-10-8-16)11-13-5-3-2-4-6-13/h2-6H,7-12,15H2,1H3. The first-order chi connectivity index (χ1) is 8.24. The number of rotatable bonds is 4. The van der Waals surface area contributed by atoms with Gasteiger partial charge in [-0.05, 0) is 18.9 Å². The van der Waals surface area contributed by atoms with Crippen LogP contribution in [0.3, 0.4) is 0 Å². The van der Waals surface area contributed by atoms with E-state index in [-0.39, 0.29) is 5.54 Å². The summed E-state index contributed by atoms with van der Waals surface area (Å²) in [4.78, 5) is 2.46. The van der Waals surface area contributed by atoms with Crippen molar-refractivity contribution in [2.45, 2.75) is 18.9 Å². The predicted octanol–water partition coefficient (Wildman–Crippen LogP) is 1.28. The van der Waals surface area contributed by atoms with Gasteiger partial charge in [-0.2, -0.15) is 0 Å². The van der Waals surface area contributed by atoms with E-state index in [1.165, 1.54) is 5.56 Å². The molecule has 2 N–H and O–H groups in total. The fourth-order valence-corrected chi connectivity index (χ4v) is 2.45. The molecule has 3 nitrogen and oxygen atoms in total. The number of hydrogen-bond donors (Lipinski definition) is 1. The zero-order valence-corrected chi connectivity index (χ0v) is 10.6. The van der Waals surface area contributed by atoms with Gasteiger partial charge in [0.2, 0.25) is 0 Å². The Morgan fingerprint density at radius 1 is 1.24 bits per heavy atom. The highest BCUT2D eigenvalue weighted by atomic mass is 16.5. The molecule has 0 bridgehead atoms. The molecule has 2 rings (SSSR count). The van der Waals surface area contributed by atoms with Crippen LogP contribution < -0.4 is 5.73 Å². The summed E-state index contributed by atoms with van der Waals surface area (Å²) in [6.07, 6.45) is 1.00. The van der Waals surface area contributed by atoms with Crippen LogP contribution in [0.4, 0.5) is 0 Å². The van der Waals surface area contributed by atoms with Crippen LogP contribution in [-0.4, -0.2) is 43.3 Å². The van der Waals surface area contributed by atoms with Crippen molar-refractivity contribution in [1.29, 1.82) is 0 Å². The minimum atomic E-state index is 0.0468. The molecule has 0 spiro atoms. The molecule has 1 aliphatic rings. The highest BCUT2D eigenvalue weighted by molar-refractivity contribution is 5.18. The van der Waals surface area contributed by atoms with Crippen molar-refractivity contribution in [3.8, 4) is 0 Å². The van der Waals surface area contributed by atoms with Gasteiger partial charge in [-0.3, -0.25) is 4.90 Å². The second-order valence-electron chi connectivity index (χ2n) is 4.96. The lowest BCUT2D eigenvalue weighted by molar-refractivity contribution is -0.0132. The number of hydrogen-bond acceptors (Lipinski definition) is 3. The quantitative estimate of drug-likeness (QED) is 0.853. The average Bonchev–Trinajstić information content (AvgIpc) is 2.41.